The zero-order valence-electron chi connectivity index (χ0n) is 15.7. The lowest BCUT2D eigenvalue weighted by Gasteiger charge is -2.34. The maximum Gasteiger partial charge on any atom is 0.180 e. The Morgan fingerprint density at radius 2 is 1.93 bits per heavy atom. The van der Waals surface area contributed by atoms with Crippen molar-refractivity contribution >= 4 is 11.5 Å². The Morgan fingerprint density at radius 3 is 2.70 bits per heavy atom. The second kappa shape index (κ2) is 8.16. The molecule has 1 saturated heterocycles. The Morgan fingerprint density at radius 1 is 1.07 bits per heavy atom. The Hall–Kier alpha value is -2.95. The second-order valence-electron chi connectivity index (χ2n) is 6.91. The number of nitrogens with zero attached hydrogens (tertiary/aromatic N) is 4. The molecule has 2 aromatic heterocycles. The highest BCUT2D eigenvalue weighted by Crippen LogP contribution is 2.23. The minimum absolute atomic E-state index is 0.416. The first-order chi connectivity index (χ1) is 13.3. The fourth-order valence-electron chi connectivity index (χ4n) is 3.51. The molecule has 4 rings (SSSR count). The predicted octanol–water partition coefficient (Wildman–Crippen LogP) is 4.18. The molecule has 0 aliphatic carbocycles. The fraction of sp³-hybridized carbons (Fsp3) is 0.318. The number of pyridine rings is 1. The first kappa shape index (κ1) is 17.5. The minimum atomic E-state index is 0.416. The molecule has 0 amide bonds. The first-order valence-corrected chi connectivity index (χ1v) is 9.67. The van der Waals surface area contributed by atoms with Gasteiger partial charge in [0, 0.05) is 42.8 Å². The summed E-state index contributed by atoms with van der Waals surface area (Å²) in [5, 5.41) is 3.66. The highest BCUT2D eigenvalue weighted by molar-refractivity contribution is 5.54. The van der Waals surface area contributed by atoms with Gasteiger partial charge in [0.05, 0.1) is 0 Å². The molecule has 1 aliphatic heterocycles. The van der Waals surface area contributed by atoms with Crippen molar-refractivity contribution in [1.82, 2.24) is 15.0 Å². The molecule has 1 unspecified atom stereocenters. The van der Waals surface area contributed by atoms with E-state index in [1.807, 2.05) is 24.3 Å². The van der Waals surface area contributed by atoms with Gasteiger partial charge in [-0.05, 0) is 43.5 Å². The van der Waals surface area contributed by atoms with Crippen LogP contribution in [0.3, 0.4) is 0 Å². The number of hydrogen-bond donors (Lipinski definition) is 1. The summed E-state index contributed by atoms with van der Waals surface area (Å²) in [6, 6.07) is 18.8. The Labute approximate surface area is 160 Å². The highest BCUT2D eigenvalue weighted by atomic mass is 15.2. The van der Waals surface area contributed by atoms with E-state index in [0.717, 1.165) is 43.1 Å². The predicted molar refractivity (Wildman–Crippen MR) is 110 cm³/mol. The van der Waals surface area contributed by atoms with E-state index in [2.05, 4.69) is 57.4 Å². The Kier molecular flexibility index (Phi) is 5.28. The van der Waals surface area contributed by atoms with Crippen LogP contribution in [0.4, 0.5) is 11.5 Å². The van der Waals surface area contributed by atoms with Crippen molar-refractivity contribution in [3.63, 3.8) is 0 Å². The van der Waals surface area contributed by atoms with Crippen LogP contribution in [0.2, 0.25) is 0 Å². The third-order valence-electron chi connectivity index (χ3n) is 4.91. The summed E-state index contributed by atoms with van der Waals surface area (Å²) in [6.07, 6.45) is 4.99. The van der Waals surface area contributed by atoms with E-state index >= 15 is 0 Å². The van der Waals surface area contributed by atoms with Gasteiger partial charge in [-0.15, -0.1) is 0 Å². The number of benzene rings is 1. The molecule has 1 atom stereocenters. The molecule has 3 heterocycles. The lowest BCUT2D eigenvalue weighted by molar-refractivity contribution is 0.526. The number of nitrogens with one attached hydrogen (secondary N) is 1. The highest BCUT2D eigenvalue weighted by Gasteiger charge is 2.22. The maximum atomic E-state index is 4.84. The van der Waals surface area contributed by atoms with Gasteiger partial charge >= 0.3 is 0 Å². The van der Waals surface area contributed by atoms with E-state index in [4.69, 9.17) is 4.98 Å². The van der Waals surface area contributed by atoms with Crippen LogP contribution < -0.4 is 10.2 Å². The van der Waals surface area contributed by atoms with Crippen molar-refractivity contribution in [3.05, 3.63) is 66.5 Å². The van der Waals surface area contributed by atoms with Gasteiger partial charge < -0.3 is 10.2 Å². The van der Waals surface area contributed by atoms with Crippen LogP contribution in [0.5, 0.6) is 0 Å². The molecule has 0 radical (unpaired) electrons. The van der Waals surface area contributed by atoms with Gasteiger partial charge in [-0.1, -0.05) is 31.2 Å². The van der Waals surface area contributed by atoms with E-state index < -0.39 is 0 Å². The smallest absolute Gasteiger partial charge is 0.180 e. The topological polar surface area (TPSA) is 53.9 Å². The third kappa shape index (κ3) is 4.25. The minimum Gasteiger partial charge on any atom is -0.381 e. The van der Waals surface area contributed by atoms with E-state index in [9.17, 15) is 0 Å². The Bertz CT molecular complexity index is 866. The van der Waals surface area contributed by atoms with Crippen molar-refractivity contribution < 1.29 is 0 Å². The van der Waals surface area contributed by atoms with Crippen LogP contribution in [0.25, 0.3) is 11.5 Å². The number of rotatable bonds is 5. The van der Waals surface area contributed by atoms with Crippen molar-refractivity contribution in [3.8, 4) is 11.5 Å². The molecule has 1 aromatic carbocycles. The monoisotopic (exact) mass is 359 g/mol. The van der Waals surface area contributed by atoms with Gasteiger partial charge in [0.15, 0.2) is 5.82 Å². The molecule has 27 heavy (non-hydrogen) atoms. The van der Waals surface area contributed by atoms with Crippen LogP contribution in [-0.2, 0) is 6.42 Å². The summed E-state index contributed by atoms with van der Waals surface area (Å²) in [4.78, 5) is 16.3. The van der Waals surface area contributed by atoms with Crippen LogP contribution in [0, 0.1) is 0 Å². The average Bonchev–Trinajstić information content (AvgIpc) is 2.75. The van der Waals surface area contributed by atoms with Gasteiger partial charge in [-0.3, -0.25) is 4.98 Å². The van der Waals surface area contributed by atoms with Crippen molar-refractivity contribution in [1.29, 1.82) is 0 Å². The normalized spacial score (nSPS) is 16.9. The molecule has 0 bridgehead atoms. The molecule has 5 heteroatoms. The van der Waals surface area contributed by atoms with Crippen molar-refractivity contribution in [2.75, 3.05) is 23.3 Å². The van der Waals surface area contributed by atoms with Crippen LogP contribution in [0.1, 0.15) is 25.5 Å². The third-order valence-corrected chi connectivity index (χ3v) is 4.91. The van der Waals surface area contributed by atoms with Crippen LogP contribution in [0.15, 0.2) is 60.8 Å². The van der Waals surface area contributed by atoms with Gasteiger partial charge in [0.2, 0.25) is 0 Å². The molecule has 1 aliphatic rings. The molecule has 1 fully saturated rings. The van der Waals surface area contributed by atoms with E-state index in [1.165, 1.54) is 12.1 Å². The summed E-state index contributed by atoms with van der Waals surface area (Å²) < 4.78 is 0. The molecule has 0 spiro atoms. The fourth-order valence-corrected chi connectivity index (χ4v) is 3.51. The second-order valence-corrected chi connectivity index (χ2v) is 6.91. The lowest BCUT2D eigenvalue weighted by atomic mass is 10.1. The SMILES string of the molecule is CCc1cc(N2CCCC(Nc3ccccc3)C2)nc(-c2ccccn2)n1. The zero-order valence-corrected chi connectivity index (χ0v) is 15.7. The molecule has 5 nitrogen and oxygen atoms in total. The van der Waals surface area contributed by atoms with Gasteiger partial charge in [-0.2, -0.15) is 0 Å². The average molecular weight is 359 g/mol. The van der Waals surface area contributed by atoms with Gasteiger partial charge in [-0.25, -0.2) is 9.97 Å². The number of aromatic nitrogens is 3. The maximum absolute atomic E-state index is 4.84. The van der Waals surface area contributed by atoms with E-state index in [0.29, 0.717) is 11.9 Å². The Balaban J connectivity index is 1.56. The largest absolute Gasteiger partial charge is 0.381 e. The lowest BCUT2D eigenvalue weighted by Crippen LogP contribution is -2.42. The summed E-state index contributed by atoms with van der Waals surface area (Å²) in [5.41, 5.74) is 3.05. The number of piperidine rings is 1. The molecular weight excluding hydrogens is 334 g/mol. The van der Waals surface area contributed by atoms with E-state index in [-0.39, 0.29) is 0 Å². The van der Waals surface area contributed by atoms with Crippen LogP contribution in [-0.4, -0.2) is 34.1 Å². The summed E-state index contributed by atoms with van der Waals surface area (Å²) in [6.45, 7) is 4.09. The van der Waals surface area contributed by atoms with Gasteiger partial charge in [0.25, 0.3) is 0 Å². The van der Waals surface area contributed by atoms with Crippen LogP contribution >= 0.6 is 0 Å². The molecule has 1 N–H and O–H groups in total. The summed E-state index contributed by atoms with van der Waals surface area (Å²) in [7, 11) is 0. The van der Waals surface area contributed by atoms with E-state index in [1.54, 1.807) is 6.20 Å². The molecule has 0 saturated carbocycles. The number of anilines is 2. The quantitative estimate of drug-likeness (QED) is 0.740. The summed E-state index contributed by atoms with van der Waals surface area (Å²) >= 11 is 0. The molecule has 138 valence electrons. The number of para-hydroxylation sites is 1. The standard InChI is InChI=1S/C22H25N5/c1-2-17-15-21(26-22(25-17)20-12-6-7-13-23-20)27-14-8-11-19(16-27)24-18-9-4-3-5-10-18/h3-7,9-10,12-13,15,19,24H,2,8,11,14,16H2,1H3. The summed E-state index contributed by atoms with van der Waals surface area (Å²) in [5.74, 6) is 1.71. The number of hydrogen-bond acceptors (Lipinski definition) is 5. The van der Waals surface area contributed by atoms with Crippen molar-refractivity contribution in [2.24, 2.45) is 0 Å². The first-order valence-electron chi connectivity index (χ1n) is 9.67. The molecular formula is C22H25N5. The van der Waals surface area contributed by atoms with Gasteiger partial charge in [0.1, 0.15) is 11.5 Å². The zero-order chi connectivity index (χ0) is 18.5. The number of aryl methyl sites for hydroxylation is 1. The molecule has 3 aromatic rings. The van der Waals surface area contributed by atoms with Crippen molar-refractivity contribution in [2.45, 2.75) is 32.2 Å².